The van der Waals surface area contributed by atoms with Crippen molar-refractivity contribution in [2.24, 2.45) is 11.3 Å². The SMILES string of the molecule is CCOC(=O)CCC(CC)C(C)(CC)C(=O)OCC. The molecule has 0 aromatic carbocycles. The average molecular weight is 272 g/mol. The number of ether oxygens (including phenoxy) is 2. The second kappa shape index (κ2) is 8.94. The van der Waals surface area contributed by atoms with Gasteiger partial charge in [-0.2, -0.15) is 0 Å². The monoisotopic (exact) mass is 272 g/mol. The molecule has 0 aliphatic heterocycles. The molecule has 0 rings (SSSR count). The van der Waals surface area contributed by atoms with Gasteiger partial charge in [-0.05, 0) is 39.5 Å². The van der Waals surface area contributed by atoms with E-state index in [1.54, 1.807) is 6.92 Å². The molecule has 4 nitrogen and oxygen atoms in total. The number of hydrogen-bond donors (Lipinski definition) is 0. The molecule has 0 aromatic heterocycles. The lowest BCUT2D eigenvalue weighted by Crippen LogP contribution is -2.37. The molecule has 0 N–H and O–H groups in total. The first-order valence-corrected chi connectivity index (χ1v) is 7.28. The summed E-state index contributed by atoms with van der Waals surface area (Å²) in [4.78, 5) is 23.6. The van der Waals surface area contributed by atoms with E-state index in [4.69, 9.17) is 9.47 Å². The van der Waals surface area contributed by atoms with Gasteiger partial charge in [-0.15, -0.1) is 0 Å². The van der Waals surface area contributed by atoms with Gasteiger partial charge in [0.25, 0.3) is 0 Å². The molecule has 0 saturated carbocycles. The van der Waals surface area contributed by atoms with Crippen molar-refractivity contribution < 1.29 is 19.1 Å². The van der Waals surface area contributed by atoms with Crippen LogP contribution in [0.25, 0.3) is 0 Å². The van der Waals surface area contributed by atoms with Gasteiger partial charge >= 0.3 is 11.9 Å². The van der Waals surface area contributed by atoms with Crippen LogP contribution in [-0.2, 0) is 19.1 Å². The van der Waals surface area contributed by atoms with Crippen LogP contribution in [0.4, 0.5) is 0 Å². The summed E-state index contributed by atoms with van der Waals surface area (Å²) in [7, 11) is 0. The molecule has 0 aliphatic rings. The van der Waals surface area contributed by atoms with Crippen molar-refractivity contribution in [3.8, 4) is 0 Å². The Morgan fingerprint density at radius 3 is 2.05 bits per heavy atom. The molecule has 0 aromatic rings. The average Bonchev–Trinajstić information content (AvgIpc) is 2.39. The zero-order valence-corrected chi connectivity index (χ0v) is 13.0. The predicted octanol–water partition coefficient (Wildman–Crippen LogP) is 3.34. The molecule has 4 heteroatoms. The van der Waals surface area contributed by atoms with Crippen molar-refractivity contribution >= 4 is 11.9 Å². The highest BCUT2D eigenvalue weighted by molar-refractivity contribution is 5.77. The first kappa shape index (κ1) is 17.9. The molecule has 0 aliphatic carbocycles. The highest BCUT2D eigenvalue weighted by Crippen LogP contribution is 2.38. The number of hydrogen-bond acceptors (Lipinski definition) is 4. The van der Waals surface area contributed by atoms with E-state index < -0.39 is 5.41 Å². The van der Waals surface area contributed by atoms with Crippen LogP contribution in [0.3, 0.4) is 0 Å². The fourth-order valence-electron chi connectivity index (χ4n) is 2.39. The summed E-state index contributed by atoms with van der Waals surface area (Å²) < 4.78 is 10.1. The van der Waals surface area contributed by atoms with Gasteiger partial charge in [0.15, 0.2) is 0 Å². The van der Waals surface area contributed by atoms with Crippen LogP contribution in [0.2, 0.25) is 0 Å². The van der Waals surface area contributed by atoms with E-state index in [0.29, 0.717) is 32.5 Å². The molecular weight excluding hydrogens is 244 g/mol. The molecule has 0 fully saturated rings. The van der Waals surface area contributed by atoms with E-state index in [9.17, 15) is 9.59 Å². The Morgan fingerprint density at radius 2 is 1.63 bits per heavy atom. The lowest BCUT2D eigenvalue weighted by Gasteiger charge is -2.34. The molecule has 112 valence electrons. The Bertz CT molecular complexity index is 288. The summed E-state index contributed by atoms with van der Waals surface area (Å²) in [5.41, 5.74) is -0.517. The third-order valence-corrected chi connectivity index (χ3v) is 3.87. The lowest BCUT2D eigenvalue weighted by molar-refractivity contribution is -0.159. The van der Waals surface area contributed by atoms with Crippen molar-refractivity contribution in [1.29, 1.82) is 0 Å². The number of carbonyl (C=O) groups excluding carboxylic acids is 2. The van der Waals surface area contributed by atoms with E-state index in [-0.39, 0.29) is 17.9 Å². The van der Waals surface area contributed by atoms with E-state index in [2.05, 4.69) is 0 Å². The zero-order valence-electron chi connectivity index (χ0n) is 13.0. The molecule has 0 bridgehead atoms. The standard InChI is InChI=1S/C15H28O4/c1-6-12(10-11-13(16)18-8-3)15(5,7-2)14(17)19-9-4/h12H,6-11H2,1-5H3. The topological polar surface area (TPSA) is 52.6 Å². The maximum atomic E-state index is 12.1. The third kappa shape index (κ3) is 5.21. The molecule has 0 heterocycles. The highest BCUT2D eigenvalue weighted by Gasteiger charge is 2.40. The van der Waals surface area contributed by atoms with Gasteiger partial charge in [0.05, 0.1) is 18.6 Å². The molecule has 2 unspecified atom stereocenters. The number of esters is 2. The predicted molar refractivity (Wildman–Crippen MR) is 74.7 cm³/mol. The Labute approximate surface area is 116 Å². The summed E-state index contributed by atoms with van der Waals surface area (Å²) in [5.74, 6) is -0.211. The first-order valence-electron chi connectivity index (χ1n) is 7.28. The van der Waals surface area contributed by atoms with Crippen molar-refractivity contribution in [2.45, 2.75) is 60.3 Å². The molecular formula is C15H28O4. The normalized spacial score (nSPS) is 15.4. The highest BCUT2D eigenvalue weighted by atomic mass is 16.5. The van der Waals surface area contributed by atoms with Crippen molar-refractivity contribution in [3.05, 3.63) is 0 Å². The summed E-state index contributed by atoms with van der Waals surface area (Å²) in [6.07, 6.45) is 2.59. The van der Waals surface area contributed by atoms with Crippen LogP contribution < -0.4 is 0 Å². The Kier molecular flexibility index (Phi) is 8.44. The second-order valence-electron chi connectivity index (χ2n) is 4.94. The van der Waals surface area contributed by atoms with Gasteiger partial charge in [0.2, 0.25) is 0 Å². The van der Waals surface area contributed by atoms with Crippen LogP contribution in [0.1, 0.15) is 60.3 Å². The Balaban J connectivity index is 4.68. The molecule has 0 amide bonds. The van der Waals surface area contributed by atoms with Crippen LogP contribution in [-0.4, -0.2) is 25.2 Å². The van der Waals surface area contributed by atoms with Crippen molar-refractivity contribution in [2.75, 3.05) is 13.2 Å². The minimum absolute atomic E-state index is 0.140. The maximum absolute atomic E-state index is 12.1. The minimum Gasteiger partial charge on any atom is -0.466 e. The quantitative estimate of drug-likeness (QED) is 0.604. The van der Waals surface area contributed by atoms with Gasteiger partial charge in [0.1, 0.15) is 0 Å². The lowest BCUT2D eigenvalue weighted by atomic mass is 9.71. The maximum Gasteiger partial charge on any atom is 0.312 e. The summed E-state index contributed by atoms with van der Waals surface area (Å²) in [6.45, 7) is 10.4. The fraction of sp³-hybridized carbons (Fsp3) is 0.867. The molecule has 2 atom stereocenters. The van der Waals surface area contributed by atoms with Crippen LogP contribution in [0.15, 0.2) is 0 Å². The number of rotatable bonds is 9. The Hall–Kier alpha value is -1.06. The van der Waals surface area contributed by atoms with Gasteiger partial charge in [-0.25, -0.2) is 0 Å². The summed E-state index contributed by atoms with van der Waals surface area (Å²) >= 11 is 0. The fourth-order valence-corrected chi connectivity index (χ4v) is 2.39. The molecule has 0 spiro atoms. The largest absolute Gasteiger partial charge is 0.466 e. The van der Waals surface area contributed by atoms with Crippen LogP contribution in [0, 0.1) is 11.3 Å². The van der Waals surface area contributed by atoms with Crippen LogP contribution in [0.5, 0.6) is 0 Å². The van der Waals surface area contributed by atoms with E-state index in [1.807, 2.05) is 27.7 Å². The zero-order chi connectivity index (χ0) is 14.9. The molecule has 0 saturated heterocycles. The first-order chi connectivity index (χ1) is 8.96. The summed E-state index contributed by atoms with van der Waals surface area (Å²) in [6, 6.07) is 0. The molecule has 0 radical (unpaired) electrons. The van der Waals surface area contributed by atoms with Gasteiger partial charge in [0, 0.05) is 6.42 Å². The van der Waals surface area contributed by atoms with E-state index >= 15 is 0 Å². The third-order valence-electron chi connectivity index (χ3n) is 3.87. The number of carbonyl (C=O) groups is 2. The van der Waals surface area contributed by atoms with Crippen molar-refractivity contribution in [3.63, 3.8) is 0 Å². The second-order valence-corrected chi connectivity index (χ2v) is 4.94. The smallest absolute Gasteiger partial charge is 0.312 e. The van der Waals surface area contributed by atoms with Crippen LogP contribution >= 0.6 is 0 Å². The van der Waals surface area contributed by atoms with E-state index in [0.717, 1.165) is 6.42 Å². The molecule has 19 heavy (non-hydrogen) atoms. The van der Waals surface area contributed by atoms with Gasteiger partial charge < -0.3 is 9.47 Å². The van der Waals surface area contributed by atoms with Gasteiger partial charge in [-0.1, -0.05) is 20.3 Å². The van der Waals surface area contributed by atoms with Gasteiger partial charge in [-0.3, -0.25) is 9.59 Å². The summed E-state index contributed by atoms with van der Waals surface area (Å²) in [5, 5.41) is 0. The minimum atomic E-state index is -0.517. The Morgan fingerprint density at radius 1 is 1.05 bits per heavy atom. The van der Waals surface area contributed by atoms with E-state index in [1.165, 1.54) is 0 Å². The van der Waals surface area contributed by atoms with Crippen molar-refractivity contribution in [1.82, 2.24) is 0 Å².